The van der Waals surface area contributed by atoms with Crippen molar-refractivity contribution in [3.63, 3.8) is 0 Å². The number of carboxylic acid groups (broad SMARTS) is 1. The molecule has 0 N–H and O–H groups in total. The van der Waals surface area contributed by atoms with Crippen LogP contribution in [0.3, 0.4) is 0 Å². The Morgan fingerprint density at radius 3 is 2.55 bits per heavy atom. The van der Waals surface area contributed by atoms with Crippen molar-refractivity contribution in [1.82, 2.24) is 0 Å². The van der Waals surface area contributed by atoms with Gasteiger partial charge in [0.05, 0.1) is 12.6 Å². The Morgan fingerprint density at radius 1 is 1.41 bits per heavy atom. The van der Waals surface area contributed by atoms with Crippen LogP contribution in [-0.2, 0) is 4.79 Å². The SMILES string of the molecule is CCOc1cccc2c1OC(C)(C(F)(F)F)C(C(=O)[O-])=C2.[Na+]. The van der Waals surface area contributed by atoms with Gasteiger partial charge in [0, 0.05) is 11.1 Å². The fourth-order valence-corrected chi connectivity index (χ4v) is 2.04. The summed E-state index contributed by atoms with van der Waals surface area (Å²) in [6.07, 6.45) is -4.01. The first-order chi connectivity index (χ1) is 9.70. The summed E-state index contributed by atoms with van der Waals surface area (Å²) in [5.74, 6) is -1.94. The summed E-state index contributed by atoms with van der Waals surface area (Å²) >= 11 is 0. The number of alkyl halides is 3. The van der Waals surface area contributed by atoms with Crippen LogP contribution in [0.5, 0.6) is 11.5 Å². The first-order valence-corrected chi connectivity index (χ1v) is 6.15. The third-order valence-electron chi connectivity index (χ3n) is 3.19. The molecule has 1 aromatic carbocycles. The van der Waals surface area contributed by atoms with E-state index in [1.165, 1.54) is 18.2 Å². The van der Waals surface area contributed by atoms with E-state index in [9.17, 15) is 23.1 Å². The number of benzene rings is 1. The van der Waals surface area contributed by atoms with Gasteiger partial charge in [-0.15, -0.1) is 0 Å². The summed E-state index contributed by atoms with van der Waals surface area (Å²) in [4.78, 5) is 11.0. The molecule has 0 amide bonds. The summed E-state index contributed by atoms with van der Waals surface area (Å²) in [5.41, 5.74) is -3.77. The normalized spacial score (nSPS) is 20.1. The van der Waals surface area contributed by atoms with Gasteiger partial charge in [-0.2, -0.15) is 13.2 Å². The van der Waals surface area contributed by atoms with Crippen molar-refractivity contribution in [2.75, 3.05) is 6.61 Å². The van der Waals surface area contributed by atoms with E-state index in [0.717, 1.165) is 6.08 Å². The van der Waals surface area contributed by atoms with Crippen molar-refractivity contribution in [2.24, 2.45) is 0 Å². The molecule has 22 heavy (non-hydrogen) atoms. The van der Waals surface area contributed by atoms with Gasteiger partial charge in [0.15, 0.2) is 11.5 Å². The minimum Gasteiger partial charge on any atom is -0.545 e. The average Bonchev–Trinajstić information content (AvgIpc) is 2.37. The second-order valence-electron chi connectivity index (χ2n) is 4.59. The Labute approximate surface area is 147 Å². The summed E-state index contributed by atoms with van der Waals surface area (Å²) in [6, 6.07) is 4.43. The molecule has 8 heteroatoms. The number of aliphatic carboxylic acids is 1. The number of hydrogen-bond donors (Lipinski definition) is 0. The van der Waals surface area contributed by atoms with Gasteiger partial charge in [-0.05, 0) is 26.0 Å². The molecule has 4 nitrogen and oxygen atoms in total. The minimum atomic E-state index is -4.92. The molecule has 0 saturated heterocycles. The Kier molecular flexibility index (Phi) is 5.59. The number of hydrogen-bond acceptors (Lipinski definition) is 4. The second kappa shape index (κ2) is 6.52. The van der Waals surface area contributed by atoms with E-state index in [-0.39, 0.29) is 53.2 Å². The molecule has 0 radical (unpaired) electrons. The van der Waals surface area contributed by atoms with Crippen molar-refractivity contribution >= 4 is 12.0 Å². The number of ether oxygens (including phenoxy) is 2. The van der Waals surface area contributed by atoms with Gasteiger partial charge in [-0.25, -0.2) is 0 Å². The van der Waals surface area contributed by atoms with Gasteiger partial charge < -0.3 is 19.4 Å². The molecule has 1 aliphatic heterocycles. The number of fused-ring (bicyclic) bond motifs is 1. The van der Waals surface area contributed by atoms with E-state index >= 15 is 0 Å². The summed E-state index contributed by atoms with van der Waals surface area (Å²) < 4.78 is 50.0. The smallest absolute Gasteiger partial charge is 0.545 e. The van der Waals surface area contributed by atoms with Crippen LogP contribution in [-0.4, -0.2) is 24.4 Å². The first kappa shape index (κ1) is 18.9. The zero-order chi connectivity index (χ0) is 15.8. The van der Waals surface area contributed by atoms with E-state index in [1.54, 1.807) is 6.92 Å². The van der Waals surface area contributed by atoms with Crippen LogP contribution >= 0.6 is 0 Å². The molecule has 1 heterocycles. The number of rotatable bonds is 3. The van der Waals surface area contributed by atoms with Gasteiger partial charge in [0.2, 0.25) is 5.60 Å². The molecular formula is C14H12F3NaO4. The van der Waals surface area contributed by atoms with Gasteiger partial charge in [-0.3, -0.25) is 0 Å². The van der Waals surface area contributed by atoms with Crippen molar-refractivity contribution in [3.8, 4) is 11.5 Å². The molecule has 0 aliphatic carbocycles. The fourth-order valence-electron chi connectivity index (χ4n) is 2.04. The van der Waals surface area contributed by atoms with Gasteiger partial charge in [-0.1, -0.05) is 12.1 Å². The molecule has 0 fully saturated rings. The molecule has 0 bridgehead atoms. The average molecular weight is 324 g/mol. The molecule has 0 spiro atoms. The van der Waals surface area contributed by atoms with Gasteiger partial charge >= 0.3 is 35.7 Å². The maximum absolute atomic E-state index is 13.2. The number of carbonyl (C=O) groups excluding carboxylic acids is 1. The van der Waals surface area contributed by atoms with Gasteiger partial charge in [0.25, 0.3) is 0 Å². The standard InChI is InChI=1S/C14H13F3O4.Na/c1-3-20-10-6-4-5-8-7-9(12(18)19)13(2,14(15,16)17)21-11(8)10;/h4-7H,3H2,1-2H3,(H,18,19);/q;+1/p-1. The van der Waals surface area contributed by atoms with Gasteiger partial charge in [0.1, 0.15) is 0 Å². The maximum atomic E-state index is 13.2. The van der Waals surface area contributed by atoms with E-state index in [4.69, 9.17) is 9.47 Å². The summed E-state index contributed by atoms with van der Waals surface area (Å²) in [7, 11) is 0. The van der Waals surface area contributed by atoms with Crippen LogP contribution < -0.4 is 44.1 Å². The Bertz CT molecular complexity index is 613. The summed E-state index contributed by atoms with van der Waals surface area (Å²) in [5, 5.41) is 11.0. The number of carboxylic acids is 1. The maximum Gasteiger partial charge on any atom is 1.00 e. The van der Waals surface area contributed by atoms with Crippen LogP contribution in [0.2, 0.25) is 0 Å². The third-order valence-corrected chi connectivity index (χ3v) is 3.19. The molecule has 0 aromatic heterocycles. The molecule has 1 aliphatic rings. The third kappa shape index (κ3) is 3.11. The van der Waals surface area contributed by atoms with Crippen LogP contribution in [0.1, 0.15) is 19.4 Å². The van der Waals surface area contributed by atoms with Crippen LogP contribution in [0, 0.1) is 0 Å². The Balaban J connectivity index is 0.00000242. The van der Waals surface area contributed by atoms with E-state index in [0.29, 0.717) is 6.92 Å². The van der Waals surface area contributed by atoms with Crippen molar-refractivity contribution in [3.05, 3.63) is 29.3 Å². The van der Waals surface area contributed by atoms with Crippen molar-refractivity contribution < 1.29 is 62.1 Å². The summed E-state index contributed by atoms with van der Waals surface area (Å²) in [6.45, 7) is 2.56. The Morgan fingerprint density at radius 2 is 2.05 bits per heavy atom. The predicted molar refractivity (Wildman–Crippen MR) is 65.7 cm³/mol. The van der Waals surface area contributed by atoms with Crippen molar-refractivity contribution in [1.29, 1.82) is 0 Å². The first-order valence-electron chi connectivity index (χ1n) is 6.15. The molecular weight excluding hydrogens is 312 g/mol. The monoisotopic (exact) mass is 324 g/mol. The number of para-hydroxylation sites is 1. The van der Waals surface area contributed by atoms with E-state index < -0.39 is 23.3 Å². The quantitative estimate of drug-likeness (QED) is 0.665. The van der Waals surface area contributed by atoms with E-state index in [2.05, 4.69) is 0 Å². The number of halogens is 3. The van der Waals surface area contributed by atoms with Crippen LogP contribution in [0.25, 0.3) is 6.08 Å². The number of carbonyl (C=O) groups is 1. The minimum absolute atomic E-state index is 0. The molecule has 1 unspecified atom stereocenters. The van der Waals surface area contributed by atoms with Crippen LogP contribution in [0.4, 0.5) is 13.2 Å². The van der Waals surface area contributed by atoms with Crippen molar-refractivity contribution in [2.45, 2.75) is 25.6 Å². The fraction of sp³-hybridized carbons (Fsp3) is 0.357. The molecule has 1 atom stereocenters. The molecule has 2 rings (SSSR count). The predicted octanol–water partition coefficient (Wildman–Crippen LogP) is -1.06. The zero-order valence-electron chi connectivity index (χ0n) is 12.3. The molecule has 1 aromatic rings. The van der Waals surface area contributed by atoms with Crippen LogP contribution in [0.15, 0.2) is 23.8 Å². The zero-order valence-corrected chi connectivity index (χ0v) is 14.3. The molecule has 114 valence electrons. The van der Waals surface area contributed by atoms with E-state index in [1.807, 2.05) is 0 Å². The second-order valence-corrected chi connectivity index (χ2v) is 4.59. The molecule has 0 saturated carbocycles. The topological polar surface area (TPSA) is 58.6 Å². The largest absolute Gasteiger partial charge is 1.00 e. The Hall–Kier alpha value is -1.18.